The van der Waals surface area contributed by atoms with Crippen LogP contribution < -0.4 is 15.9 Å². The fourth-order valence-corrected chi connectivity index (χ4v) is 6.61. The van der Waals surface area contributed by atoms with E-state index < -0.39 is 11.6 Å². The number of piperazine rings is 1. The van der Waals surface area contributed by atoms with Crippen molar-refractivity contribution in [1.29, 1.82) is 0 Å². The molecule has 2 aliphatic rings. The average Bonchev–Trinajstić information content (AvgIpc) is 2.97. The van der Waals surface area contributed by atoms with Crippen molar-refractivity contribution in [2.45, 2.75) is 43.5 Å². The van der Waals surface area contributed by atoms with Crippen molar-refractivity contribution in [3.05, 3.63) is 51.4 Å². The Morgan fingerprint density at radius 3 is 2.59 bits per heavy atom. The molecule has 0 bridgehead atoms. The minimum atomic E-state index is -0.710. The fourth-order valence-electron chi connectivity index (χ4n) is 4.93. The highest BCUT2D eigenvalue weighted by atomic mass is 35.5. The van der Waals surface area contributed by atoms with Crippen molar-refractivity contribution in [1.82, 2.24) is 14.9 Å². The van der Waals surface area contributed by atoms with Gasteiger partial charge in [0.2, 0.25) is 0 Å². The van der Waals surface area contributed by atoms with E-state index in [9.17, 15) is 13.6 Å². The Morgan fingerprint density at radius 2 is 1.91 bits per heavy atom. The zero-order chi connectivity index (χ0) is 24.1. The van der Waals surface area contributed by atoms with E-state index in [0.717, 1.165) is 11.5 Å². The lowest BCUT2D eigenvalue weighted by Gasteiger charge is -2.37. The Bertz CT molecular complexity index is 1320. The number of halogens is 3. The van der Waals surface area contributed by atoms with Gasteiger partial charge in [0.1, 0.15) is 17.5 Å². The molecule has 1 saturated heterocycles. The standard InChI is InChI=1S/C24H25ClF2N4O2S/c1-12-8-30(9-13(2)28-12)23-17-7-18(25)20(16-5-4-14(26)6-19(16)27)22-21(17)31(24(32)29-23)10-15(33-3)11-34-22/h4-7,12-13,15,28H,8-11H2,1-3H3/t12-,13+,15-/m1/s1. The number of rotatable bonds is 3. The molecule has 34 heavy (non-hydrogen) atoms. The van der Waals surface area contributed by atoms with Gasteiger partial charge in [0, 0.05) is 65.5 Å². The molecular weight excluding hydrogens is 482 g/mol. The van der Waals surface area contributed by atoms with Gasteiger partial charge in [0.15, 0.2) is 0 Å². The number of hydrogen-bond donors (Lipinski definition) is 1. The molecule has 5 rings (SSSR count). The SMILES string of the molecule is CO[C@H]1CSc2c(-c3ccc(F)cc3F)c(Cl)cc3c(N4C[C@@H](C)N[C@@H](C)C4)nc(=O)n(c23)C1. The van der Waals surface area contributed by atoms with E-state index in [1.54, 1.807) is 17.7 Å². The number of anilines is 1. The van der Waals surface area contributed by atoms with Gasteiger partial charge >= 0.3 is 5.69 Å². The molecule has 2 aromatic carbocycles. The van der Waals surface area contributed by atoms with E-state index in [1.807, 2.05) is 0 Å². The maximum atomic E-state index is 14.9. The number of nitrogens with one attached hydrogen (secondary N) is 1. The van der Waals surface area contributed by atoms with Gasteiger partial charge in [0.05, 0.1) is 23.2 Å². The first-order chi connectivity index (χ1) is 16.3. The third kappa shape index (κ3) is 4.08. The normalized spacial score (nSPS) is 22.8. The van der Waals surface area contributed by atoms with E-state index >= 15 is 0 Å². The second-order valence-electron chi connectivity index (χ2n) is 8.95. The molecule has 3 heterocycles. The first kappa shape index (κ1) is 23.5. The predicted octanol–water partition coefficient (Wildman–Crippen LogP) is 4.30. The summed E-state index contributed by atoms with van der Waals surface area (Å²) < 4.78 is 35.7. The molecule has 0 spiro atoms. The Balaban J connectivity index is 1.83. The monoisotopic (exact) mass is 506 g/mol. The molecule has 3 atom stereocenters. The maximum Gasteiger partial charge on any atom is 0.350 e. The first-order valence-electron chi connectivity index (χ1n) is 11.2. The summed E-state index contributed by atoms with van der Waals surface area (Å²) in [5.74, 6) is -0.262. The van der Waals surface area contributed by atoms with Crippen molar-refractivity contribution in [2.75, 3.05) is 30.9 Å². The van der Waals surface area contributed by atoms with E-state index in [2.05, 4.69) is 29.0 Å². The van der Waals surface area contributed by atoms with Gasteiger partial charge in [0.25, 0.3) is 0 Å². The molecule has 180 valence electrons. The highest BCUT2D eigenvalue weighted by Gasteiger charge is 2.30. The van der Waals surface area contributed by atoms with Crippen molar-refractivity contribution >= 4 is 40.1 Å². The summed E-state index contributed by atoms with van der Waals surface area (Å²) >= 11 is 8.25. The van der Waals surface area contributed by atoms with Gasteiger partial charge in [-0.25, -0.2) is 13.6 Å². The average molecular weight is 507 g/mol. The molecule has 10 heteroatoms. The predicted molar refractivity (Wildman–Crippen MR) is 132 cm³/mol. The van der Waals surface area contributed by atoms with Crippen molar-refractivity contribution in [2.24, 2.45) is 0 Å². The minimum Gasteiger partial charge on any atom is -0.379 e. The Morgan fingerprint density at radius 1 is 1.18 bits per heavy atom. The molecule has 0 amide bonds. The number of methoxy groups -OCH3 is 1. The molecule has 1 fully saturated rings. The van der Waals surface area contributed by atoms with Crippen molar-refractivity contribution in [3.8, 4) is 11.1 Å². The van der Waals surface area contributed by atoms with Crippen LogP contribution in [0.25, 0.3) is 22.0 Å². The van der Waals surface area contributed by atoms with Crippen molar-refractivity contribution in [3.63, 3.8) is 0 Å². The van der Waals surface area contributed by atoms with Crippen LogP contribution in [0.1, 0.15) is 13.8 Å². The lowest BCUT2D eigenvalue weighted by molar-refractivity contribution is 0.107. The van der Waals surface area contributed by atoms with Gasteiger partial charge in [-0.15, -0.1) is 11.8 Å². The molecule has 1 aromatic heterocycles. The third-order valence-electron chi connectivity index (χ3n) is 6.34. The van der Waals surface area contributed by atoms with Crippen LogP contribution in [0.3, 0.4) is 0 Å². The van der Waals surface area contributed by atoms with E-state index in [-0.39, 0.29) is 29.4 Å². The minimum absolute atomic E-state index is 0.188. The second kappa shape index (κ2) is 9.11. The molecule has 2 aliphatic heterocycles. The van der Waals surface area contributed by atoms with Gasteiger partial charge in [-0.05, 0) is 32.0 Å². The molecule has 0 saturated carbocycles. The quantitative estimate of drug-likeness (QED) is 0.571. The number of thioether (sulfide) groups is 1. The van der Waals surface area contributed by atoms with Crippen LogP contribution >= 0.6 is 23.4 Å². The molecule has 0 radical (unpaired) electrons. The summed E-state index contributed by atoms with van der Waals surface area (Å²) in [5, 5.41) is 4.54. The van der Waals surface area contributed by atoms with Crippen LogP contribution in [-0.2, 0) is 11.3 Å². The van der Waals surface area contributed by atoms with E-state index in [4.69, 9.17) is 16.3 Å². The molecule has 1 N–H and O–H groups in total. The van der Waals surface area contributed by atoms with Crippen LogP contribution in [0.5, 0.6) is 0 Å². The van der Waals surface area contributed by atoms with Gasteiger partial charge in [-0.2, -0.15) is 4.98 Å². The Labute approximate surface area is 205 Å². The van der Waals surface area contributed by atoms with Crippen LogP contribution in [0.15, 0.2) is 34.0 Å². The molecule has 0 aliphatic carbocycles. The smallest absolute Gasteiger partial charge is 0.350 e. The Hall–Kier alpha value is -2.20. The molecule has 0 unspecified atom stereocenters. The second-order valence-corrected chi connectivity index (χ2v) is 10.4. The van der Waals surface area contributed by atoms with Gasteiger partial charge < -0.3 is 15.0 Å². The lowest BCUT2D eigenvalue weighted by atomic mass is 10.0. The fraction of sp³-hybridized carbons (Fsp3) is 0.417. The van der Waals surface area contributed by atoms with Crippen LogP contribution in [0, 0.1) is 11.6 Å². The van der Waals surface area contributed by atoms with Crippen LogP contribution in [0.2, 0.25) is 5.02 Å². The summed E-state index contributed by atoms with van der Waals surface area (Å²) in [7, 11) is 1.60. The van der Waals surface area contributed by atoms with Crippen LogP contribution in [0.4, 0.5) is 14.6 Å². The summed E-state index contributed by atoms with van der Waals surface area (Å²) in [4.78, 5) is 20.6. The maximum absolute atomic E-state index is 14.9. The molecular formula is C24H25ClF2N4O2S. The highest BCUT2D eigenvalue weighted by Crippen LogP contribution is 2.46. The highest BCUT2D eigenvalue weighted by molar-refractivity contribution is 7.99. The number of ether oxygens (including phenoxy) is 1. The first-order valence-corrected chi connectivity index (χ1v) is 12.5. The summed E-state index contributed by atoms with van der Waals surface area (Å²) in [6.07, 6.45) is -0.241. The van der Waals surface area contributed by atoms with E-state index in [1.165, 1.54) is 23.9 Å². The summed E-state index contributed by atoms with van der Waals surface area (Å²) in [5.41, 5.74) is 0.899. The van der Waals surface area contributed by atoms with Crippen molar-refractivity contribution < 1.29 is 13.5 Å². The lowest BCUT2D eigenvalue weighted by Crippen LogP contribution is -2.55. The van der Waals surface area contributed by atoms with Gasteiger partial charge in [-0.3, -0.25) is 4.57 Å². The Kier molecular flexibility index (Phi) is 6.31. The third-order valence-corrected chi connectivity index (χ3v) is 7.86. The number of nitrogens with zero attached hydrogens (tertiary/aromatic N) is 3. The molecule has 6 nitrogen and oxygen atoms in total. The van der Waals surface area contributed by atoms with Gasteiger partial charge in [-0.1, -0.05) is 11.6 Å². The number of benzene rings is 2. The molecule has 3 aromatic rings. The van der Waals surface area contributed by atoms with E-state index in [0.29, 0.717) is 52.2 Å². The zero-order valence-electron chi connectivity index (χ0n) is 19.1. The van der Waals surface area contributed by atoms with Crippen LogP contribution in [-0.4, -0.2) is 53.7 Å². The number of hydrogen-bond acceptors (Lipinski definition) is 6. The zero-order valence-corrected chi connectivity index (χ0v) is 20.6. The summed E-state index contributed by atoms with van der Waals surface area (Å²) in [6, 6.07) is 5.62. The largest absolute Gasteiger partial charge is 0.379 e. The summed E-state index contributed by atoms with van der Waals surface area (Å²) in [6.45, 7) is 5.87. The topological polar surface area (TPSA) is 59.4 Å². The number of aromatic nitrogens is 2.